The number of methoxy groups -OCH3 is 1. The first-order chi connectivity index (χ1) is 14.4. The van der Waals surface area contributed by atoms with E-state index in [9.17, 15) is 19.7 Å². The molecule has 0 unspecified atom stereocenters. The van der Waals surface area contributed by atoms with E-state index in [1.54, 1.807) is 35.7 Å². The highest BCUT2D eigenvalue weighted by Gasteiger charge is 2.20. The monoisotopic (exact) mass is 409 g/mol. The number of hydrogen-bond acceptors (Lipinski definition) is 8. The van der Waals surface area contributed by atoms with Crippen LogP contribution in [0.3, 0.4) is 0 Å². The molecule has 0 saturated heterocycles. The fraction of sp³-hybridized carbons (Fsp3) is 0.158. The number of aryl methyl sites for hydroxylation is 1. The molecule has 152 valence electrons. The van der Waals surface area contributed by atoms with Crippen molar-refractivity contribution in [1.29, 1.82) is 0 Å². The standard InChI is InChI=1S/C19H15N5O6/c1-22-17(25)12-5-3-4-6-13(12)23-16(20-21-19(22)23)10-30-15-9-11(18(26)29-2)7-8-14(15)24(27)28/h3-9H,10H2,1-2H3. The van der Waals surface area contributed by atoms with E-state index in [0.717, 1.165) is 0 Å². The van der Waals surface area contributed by atoms with Crippen LogP contribution in [0.5, 0.6) is 5.75 Å². The number of nitro benzene ring substituents is 1. The first-order valence-electron chi connectivity index (χ1n) is 8.73. The van der Waals surface area contributed by atoms with Gasteiger partial charge in [-0.05, 0) is 18.2 Å². The lowest BCUT2D eigenvalue weighted by atomic mass is 10.2. The summed E-state index contributed by atoms with van der Waals surface area (Å²) in [6.07, 6.45) is 0. The third-order valence-electron chi connectivity index (χ3n) is 4.63. The van der Waals surface area contributed by atoms with Crippen molar-refractivity contribution >= 4 is 28.3 Å². The van der Waals surface area contributed by atoms with E-state index >= 15 is 0 Å². The Labute approximate surface area is 168 Å². The van der Waals surface area contributed by atoms with Crippen molar-refractivity contribution in [1.82, 2.24) is 19.2 Å². The summed E-state index contributed by atoms with van der Waals surface area (Å²) < 4.78 is 13.3. The molecule has 0 amide bonds. The second-order valence-electron chi connectivity index (χ2n) is 6.35. The number of carbonyl (C=O) groups is 1. The summed E-state index contributed by atoms with van der Waals surface area (Å²) in [4.78, 5) is 35.0. The van der Waals surface area contributed by atoms with E-state index < -0.39 is 10.9 Å². The zero-order valence-electron chi connectivity index (χ0n) is 15.9. The third kappa shape index (κ3) is 3.02. The predicted molar refractivity (Wildman–Crippen MR) is 105 cm³/mol. The van der Waals surface area contributed by atoms with Gasteiger partial charge in [0.05, 0.1) is 28.5 Å². The fourth-order valence-corrected chi connectivity index (χ4v) is 3.15. The molecule has 0 N–H and O–H groups in total. The number of carbonyl (C=O) groups excluding carboxylic acids is 1. The smallest absolute Gasteiger partial charge is 0.337 e. The van der Waals surface area contributed by atoms with Gasteiger partial charge in [0.1, 0.15) is 6.61 Å². The number of ether oxygens (including phenoxy) is 2. The maximum Gasteiger partial charge on any atom is 0.337 e. The molecular weight excluding hydrogens is 394 g/mol. The van der Waals surface area contributed by atoms with Crippen LogP contribution < -0.4 is 10.3 Å². The van der Waals surface area contributed by atoms with Crippen LogP contribution in [-0.4, -0.2) is 37.2 Å². The summed E-state index contributed by atoms with van der Waals surface area (Å²) in [6.45, 7) is -0.186. The Hall–Kier alpha value is -4.28. The molecule has 0 radical (unpaired) electrons. The Kier molecular flexibility index (Phi) is 4.62. The Balaban J connectivity index is 1.79. The molecule has 0 aliphatic heterocycles. The molecule has 2 aromatic heterocycles. The second-order valence-corrected chi connectivity index (χ2v) is 6.35. The molecule has 0 fully saturated rings. The van der Waals surface area contributed by atoms with Crippen molar-refractivity contribution in [3.63, 3.8) is 0 Å². The molecule has 4 aromatic rings. The quantitative estimate of drug-likeness (QED) is 0.277. The summed E-state index contributed by atoms with van der Waals surface area (Å²) in [6, 6.07) is 10.6. The average molecular weight is 409 g/mol. The highest BCUT2D eigenvalue weighted by Crippen LogP contribution is 2.29. The molecule has 2 heterocycles. The maximum absolute atomic E-state index is 12.5. The van der Waals surface area contributed by atoms with Gasteiger partial charge in [0, 0.05) is 19.2 Å². The molecule has 2 aromatic carbocycles. The Morgan fingerprint density at radius 3 is 2.70 bits per heavy atom. The van der Waals surface area contributed by atoms with Crippen LogP contribution in [0, 0.1) is 10.1 Å². The van der Waals surface area contributed by atoms with E-state index in [1.807, 2.05) is 0 Å². The number of hydrogen-bond donors (Lipinski definition) is 0. The molecule has 0 aliphatic carbocycles. The number of benzene rings is 2. The minimum Gasteiger partial charge on any atom is -0.479 e. The van der Waals surface area contributed by atoms with E-state index in [4.69, 9.17) is 4.74 Å². The zero-order valence-corrected chi connectivity index (χ0v) is 15.9. The largest absolute Gasteiger partial charge is 0.479 e. The van der Waals surface area contributed by atoms with Gasteiger partial charge in [0.25, 0.3) is 5.56 Å². The van der Waals surface area contributed by atoms with E-state index in [0.29, 0.717) is 22.5 Å². The molecule has 30 heavy (non-hydrogen) atoms. The van der Waals surface area contributed by atoms with E-state index in [2.05, 4.69) is 14.9 Å². The molecule has 0 bridgehead atoms. The van der Waals surface area contributed by atoms with Gasteiger partial charge in [-0.25, -0.2) is 4.79 Å². The highest BCUT2D eigenvalue weighted by atomic mass is 16.6. The lowest BCUT2D eigenvalue weighted by Gasteiger charge is -2.10. The number of nitrogens with zero attached hydrogens (tertiary/aromatic N) is 5. The summed E-state index contributed by atoms with van der Waals surface area (Å²) in [5.41, 5.74) is 0.155. The summed E-state index contributed by atoms with van der Waals surface area (Å²) >= 11 is 0. The van der Waals surface area contributed by atoms with Gasteiger partial charge in [0.2, 0.25) is 5.78 Å². The van der Waals surface area contributed by atoms with Crippen LogP contribution >= 0.6 is 0 Å². The summed E-state index contributed by atoms with van der Waals surface area (Å²) in [5, 5.41) is 19.9. The molecule has 0 aliphatic rings. The highest BCUT2D eigenvalue weighted by molar-refractivity contribution is 5.90. The summed E-state index contributed by atoms with van der Waals surface area (Å²) in [7, 11) is 2.79. The van der Waals surface area contributed by atoms with Crippen molar-refractivity contribution in [2.45, 2.75) is 6.61 Å². The van der Waals surface area contributed by atoms with Crippen molar-refractivity contribution in [3.8, 4) is 5.75 Å². The predicted octanol–water partition coefficient (Wildman–Crippen LogP) is 1.85. The van der Waals surface area contributed by atoms with Crippen molar-refractivity contribution in [3.05, 3.63) is 74.3 Å². The van der Waals surface area contributed by atoms with Crippen molar-refractivity contribution in [2.75, 3.05) is 7.11 Å². The SMILES string of the molecule is COC(=O)c1ccc([N+](=O)[O-])c(OCc2nnc3n(C)c(=O)c4ccccc4n23)c1. The number of fused-ring (bicyclic) bond motifs is 3. The molecule has 0 atom stereocenters. The van der Waals surface area contributed by atoms with Crippen LogP contribution in [0.2, 0.25) is 0 Å². The minimum absolute atomic E-state index is 0.108. The topological polar surface area (TPSA) is 131 Å². The Morgan fingerprint density at radius 1 is 1.20 bits per heavy atom. The van der Waals surface area contributed by atoms with Gasteiger partial charge < -0.3 is 9.47 Å². The van der Waals surface area contributed by atoms with Crippen LogP contribution in [0.25, 0.3) is 16.7 Å². The van der Waals surface area contributed by atoms with Gasteiger partial charge in [0.15, 0.2) is 11.6 Å². The number of esters is 1. The maximum atomic E-state index is 12.5. The van der Waals surface area contributed by atoms with Crippen LogP contribution in [0.15, 0.2) is 47.3 Å². The normalized spacial score (nSPS) is 11.0. The first-order valence-corrected chi connectivity index (χ1v) is 8.73. The van der Waals surface area contributed by atoms with Gasteiger partial charge in [-0.2, -0.15) is 0 Å². The number of para-hydroxylation sites is 1. The molecule has 0 saturated carbocycles. The van der Waals surface area contributed by atoms with Crippen molar-refractivity contribution < 1.29 is 19.2 Å². The minimum atomic E-state index is -0.649. The van der Waals surface area contributed by atoms with E-state index in [-0.39, 0.29) is 29.2 Å². The lowest BCUT2D eigenvalue weighted by Crippen LogP contribution is -2.20. The number of aromatic nitrogens is 4. The number of nitro groups is 1. The first kappa shape index (κ1) is 19.1. The van der Waals surface area contributed by atoms with Gasteiger partial charge in [-0.3, -0.25) is 23.9 Å². The zero-order chi connectivity index (χ0) is 21.4. The van der Waals surface area contributed by atoms with Gasteiger partial charge in [-0.1, -0.05) is 12.1 Å². The molecule has 4 rings (SSSR count). The van der Waals surface area contributed by atoms with Crippen LogP contribution in [0.4, 0.5) is 5.69 Å². The van der Waals surface area contributed by atoms with Crippen molar-refractivity contribution in [2.24, 2.45) is 7.05 Å². The Morgan fingerprint density at radius 2 is 1.97 bits per heavy atom. The average Bonchev–Trinajstić information content (AvgIpc) is 3.19. The molecular formula is C19H15N5O6. The Bertz CT molecular complexity index is 1370. The fourth-order valence-electron chi connectivity index (χ4n) is 3.15. The van der Waals surface area contributed by atoms with Crippen LogP contribution in [0.1, 0.15) is 16.2 Å². The molecule has 11 heteroatoms. The lowest BCUT2D eigenvalue weighted by molar-refractivity contribution is -0.386. The van der Waals surface area contributed by atoms with Crippen LogP contribution in [-0.2, 0) is 18.4 Å². The molecule has 0 spiro atoms. The molecule has 11 nitrogen and oxygen atoms in total. The van der Waals surface area contributed by atoms with E-state index in [1.165, 1.54) is 29.9 Å². The third-order valence-corrected chi connectivity index (χ3v) is 4.63. The second kappa shape index (κ2) is 7.28. The van der Waals surface area contributed by atoms with Gasteiger partial charge >= 0.3 is 11.7 Å². The number of rotatable bonds is 5. The summed E-state index contributed by atoms with van der Waals surface area (Å²) in [5.74, 6) is -0.137. The van der Waals surface area contributed by atoms with Gasteiger partial charge in [-0.15, -0.1) is 10.2 Å².